The standard InChI is InChI=1S/C13H14N4S/c1-2-3-12-15-16-13(18)17(12)9-11-6-4-10(8-14)5-7-11/h4-7H,2-3,9H2,1H3,(H,16,18). The largest absolute Gasteiger partial charge is 0.300 e. The molecule has 0 aliphatic carbocycles. The summed E-state index contributed by atoms with van der Waals surface area (Å²) in [5, 5.41) is 15.8. The lowest BCUT2D eigenvalue weighted by Crippen LogP contribution is -2.05. The highest BCUT2D eigenvalue weighted by atomic mass is 32.1. The zero-order valence-electron chi connectivity index (χ0n) is 10.2. The number of aromatic nitrogens is 3. The molecule has 92 valence electrons. The molecule has 0 saturated heterocycles. The van der Waals surface area contributed by atoms with E-state index in [1.54, 1.807) is 0 Å². The van der Waals surface area contributed by atoms with Crippen LogP contribution in [0.3, 0.4) is 0 Å². The summed E-state index contributed by atoms with van der Waals surface area (Å²) in [6, 6.07) is 9.64. The van der Waals surface area contributed by atoms with Crippen LogP contribution < -0.4 is 0 Å². The van der Waals surface area contributed by atoms with Crippen LogP contribution in [0.4, 0.5) is 0 Å². The second kappa shape index (κ2) is 5.61. The Hall–Kier alpha value is -1.93. The quantitative estimate of drug-likeness (QED) is 0.858. The minimum atomic E-state index is 0.641. The van der Waals surface area contributed by atoms with E-state index in [-0.39, 0.29) is 0 Å². The summed E-state index contributed by atoms with van der Waals surface area (Å²) in [6.45, 7) is 2.81. The Balaban J connectivity index is 2.25. The van der Waals surface area contributed by atoms with E-state index >= 15 is 0 Å². The Bertz CT molecular complexity index is 616. The third-order valence-corrected chi connectivity index (χ3v) is 3.05. The first-order valence-corrected chi connectivity index (χ1v) is 6.28. The number of hydrogen-bond donors (Lipinski definition) is 1. The first-order valence-electron chi connectivity index (χ1n) is 5.87. The molecule has 0 atom stereocenters. The summed E-state index contributed by atoms with van der Waals surface area (Å²) in [6.07, 6.45) is 1.94. The van der Waals surface area contributed by atoms with Gasteiger partial charge in [0.1, 0.15) is 5.82 Å². The Labute approximate surface area is 111 Å². The zero-order chi connectivity index (χ0) is 13.0. The molecule has 1 aromatic heterocycles. The van der Waals surface area contributed by atoms with E-state index in [1.165, 1.54) is 0 Å². The second-order valence-electron chi connectivity index (χ2n) is 4.09. The molecule has 1 aromatic carbocycles. The van der Waals surface area contributed by atoms with Gasteiger partial charge in [0.25, 0.3) is 0 Å². The van der Waals surface area contributed by atoms with Crippen molar-refractivity contribution in [2.24, 2.45) is 0 Å². The Morgan fingerprint density at radius 2 is 2.11 bits per heavy atom. The van der Waals surface area contributed by atoms with Crippen molar-refractivity contribution < 1.29 is 0 Å². The van der Waals surface area contributed by atoms with Gasteiger partial charge in [-0.2, -0.15) is 10.4 Å². The van der Waals surface area contributed by atoms with E-state index in [9.17, 15) is 0 Å². The molecule has 0 spiro atoms. The highest BCUT2D eigenvalue weighted by Crippen LogP contribution is 2.09. The number of aromatic amines is 1. The first kappa shape index (κ1) is 12.5. The van der Waals surface area contributed by atoms with Gasteiger partial charge < -0.3 is 0 Å². The van der Waals surface area contributed by atoms with E-state index in [0.29, 0.717) is 16.9 Å². The molecule has 5 heteroatoms. The fourth-order valence-electron chi connectivity index (χ4n) is 1.80. The fraction of sp³-hybridized carbons (Fsp3) is 0.308. The zero-order valence-corrected chi connectivity index (χ0v) is 11.0. The fourth-order valence-corrected chi connectivity index (χ4v) is 2.01. The van der Waals surface area contributed by atoms with E-state index in [1.807, 2.05) is 28.8 Å². The lowest BCUT2D eigenvalue weighted by atomic mass is 10.1. The normalized spacial score (nSPS) is 10.2. The van der Waals surface area contributed by atoms with Crippen LogP contribution in [0.1, 0.15) is 30.3 Å². The number of nitrogens with one attached hydrogen (secondary N) is 1. The summed E-state index contributed by atoms with van der Waals surface area (Å²) in [7, 11) is 0. The number of nitrogens with zero attached hydrogens (tertiary/aromatic N) is 3. The summed E-state index contributed by atoms with van der Waals surface area (Å²) < 4.78 is 2.64. The van der Waals surface area contributed by atoms with E-state index in [2.05, 4.69) is 23.2 Å². The van der Waals surface area contributed by atoms with Gasteiger partial charge in [-0.3, -0.25) is 9.67 Å². The molecule has 4 nitrogen and oxygen atoms in total. The van der Waals surface area contributed by atoms with Crippen molar-refractivity contribution in [1.82, 2.24) is 14.8 Å². The molecule has 0 amide bonds. The molecule has 2 aromatic rings. The molecule has 0 unspecified atom stereocenters. The van der Waals surface area contributed by atoms with E-state index in [0.717, 1.165) is 24.2 Å². The lowest BCUT2D eigenvalue weighted by Gasteiger charge is -2.06. The van der Waals surface area contributed by atoms with Crippen molar-refractivity contribution >= 4 is 12.2 Å². The Morgan fingerprint density at radius 3 is 2.72 bits per heavy atom. The Kier molecular flexibility index (Phi) is 3.90. The van der Waals surface area contributed by atoms with Crippen molar-refractivity contribution in [2.75, 3.05) is 0 Å². The number of benzene rings is 1. The highest BCUT2D eigenvalue weighted by molar-refractivity contribution is 7.71. The van der Waals surface area contributed by atoms with Gasteiger partial charge in [0, 0.05) is 6.42 Å². The SMILES string of the molecule is CCCc1n[nH]c(=S)n1Cc1ccc(C#N)cc1. The third kappa shape index (κ3) is 2.66. The van der Waals surface area contributed by atoms with Gasteiger partial charge in [0.15, 0.2) is 4.77 Å². The van der Waals surface area contributed by atoms with Crippen LogP contribution in [-0.2, 0) is 13.0 Å². The van der Waals surface area contributed by atoms with Gasteiger partial charge in [0.05, 0.1) is 18.2 Å². The molecule has 1 N–H and O–H groups in total. The second-order valence-corrected chi connectivity index (χ2v) is 4.48. The number of aryl methyl sites for hydroxylation is 1. The number of rotatable bonds is 4. The number of H-pyrrole nitrogens is 1. The molecule has 0 aliphatic heterocycles. The maximum atomic E-state index is 8.76. The summed E-state index contributed by atoms with van der Waals surface area (Å²) in [5.74, 6) is 0.979. The van der Waals surface area contributed by atoms with Crippen LogP contribution in [-0.4, -0.2) is 14.8 Å². The van der Waals surface area contributed by atoms with Crippen LogP contribution in [0.5, 0.6) is 0 Å². The predicted octanol–water partition coefficient (Wildman–Crippen LogP) is 2.81. The predicted molar refractivity (Wildman–Crippen MR) is 71.7 cm³/mol. The van der Waals surface area contributed by atoms with Gasteiger partial charge in [-0.1, -0.05) is 19.1 Å². The average Bonchev–Trinajstić information content (AvgIpc) is 2.73. The first-order chi connectivity index (χ1) is 8.74. The van der Waals surface area contributed by atoms with Crippen molar-refractivity contribution in [3.63, 3.8) is 0 Å². The topological polar surface area (TPSA) is 57.4 Å². The minimum Gasteiger partial charge on any atom is -0.300 e. The highest BCUT2D eigenvalue weighted by Gasteiger charge is 2.05. The van der Waals surface area contributed by atoms with Crippen LogP contribution >= 0.6 is 12.2 Å². The molecule has 0 aliphatic rings. The van der Waals surface area contributed by atoms with Crippen molar-refractivity contribution in [1.29, 1.82) is 5.26 Å². The summed E-state index contributed by atoms with van der Waals surface area (Å²) in [4.78, 5) is 0. The molecule has 18 heavy (non-hydrogen) atoms. The van der Waals surface area contributed by atoms with E-state index in [4.69, 9.17) is 17.5 Å². The van der Waals surface area contributed by atoms with Gasteiger partial charge in [0.2, 0.25) is 0 Å². The molecule has 0 bridgehead atoms. The van der Waals surface area contributed by atoms with Crippen LogP contribution in [0.15, 0.2) is 24.3 Å². The van der Waals surface area contributed by atoms with Gasteiger partial charge in [-0.25, -0.2) is 0 Å². The van der Waals surface area contributed by atoms with Crippen LogP contribution in [0.25, 0.3) is 0 Å². The molecule has 0 fully saturated rings. The molecule has 1 heterocycles. The maximum absolute atomic E-state index is 8.76. The van der Waals surface area contributed by atoms with Crippen molar-refractivity contribution in [2.45, 2.75) is 26.3 Å². The van der Waals surface area contributed by atoms with Crippen LogP contribution in [0.2, 0.25) is 0 Å². The Morgan fingerprint density at radius 1 is 1.39 bits per heavy atom. The number of nitriles is 1. The monoisotopic (exact) mass is 258 g/mol. The van der Waals surface area contributed by atoms with E-state index < -0.39 is 0 Å². The molecular weight excluding hydrogens is 244 g/mol. The lowest BCUT2D eigenvalue weighted by molar-refractivity contribution is 0.699. The maximum Gasteiger partial charge on any atom is 0.195 e. The average molecular weight is 258 g/mol. The van der Waals surface area contributed by atoms with Gasteiger partial charge in [-0.15, -0.1) is 0 Å². The summed E-state index contributed by atoms with van der Waals surface area (Å²) >= 11 is 5.23. The molecule has 0 saturated carbocycles. The third-order valence-electron chi connectivity index (χ3n) is 2.73. The molecular formula is C13H14N4S. The molecule has 2 rings (SSSR count). The van der Waals surface area contributed by atoms with Crippen molar-refractivity contribution in [3.8, 4) is 6.07 Å². The van der Waals surface area contributed by atoms with Gasteiger partial charge >= 0.3 is 0 Å². The van der Waals surface area contributed by atoms with Gasteiger partial charge in [-0.05, 0) is 36.3 Å². The summed E-state index contributed by atoms with van der Waals surface area (Å²) in [5.41, 5.74) is 1.78. The smallest absolute Gasteiger partial charge is 0.195 e. The minimum absolute atomic E-state index is 0.641. The molecule has 0 radical (unpaired) electrons. The number of hydrogen-bond acceptors (Lipinski definition) is 3. The van der Waals surface area contributed by atoms with Crippen molar-refractivity contribution in [3.05, 3.63) is 46.0 Å². The van der Waals surface area contributed by atoms with Crippen LogP contribution in [0, 0.1) is 16.1 Å².